The van der Waals surface area contributed by atoms with Crippen molar-refractivity contribution in [3.63, 3.8) is 0 Å². The highest BCUT2D eigenvalue weighted by atomic mass is 16.2. The molecular formula is C17H28N6O. The third kappa shape index (κ3) is 5.72. The average molecular weight is 332 g/mol. The van der Waals surface area contributed by atoms with E-state index < -0.39 is 0 Å². The molecule has 1 aromatic heterocycles. The Morgan fingerprint density at radius 2 is 2.00 bits per heavy atom. The number of nitrogens with zero attached hydrogens (tertiary/aromatic N) is 4. The third-order valence-corrected chi connectivity index (χ3v) is 3.72. The highest BCUT2D eigenvalue weighted by molar-refractivity contribution is 5.80. The fraction of sp³-hybridized carbons (Fsp3) is 0.588. The lowest BCUT2D eigenvalue weighted by molar-refractivity contribution is -0.131. The molecule has 0 unspecified atom stereocenters. The number of nitrogens with two attached hydrogens (primary N) is 1. The summed E-state index contributed by atoms with van der Waals surface area (Å²) in [4.78, 5) is 24.9. The van der Waals surface area contributed by atoms with Crippen molar-refractivity contribution < 1.29 is 4.79 Å². The first-order valence-electron chi connectivity index (χ1n) is 8.37. The maximum absolute atomic E-state index is 12.3. The van der Waals surface area contributed by atoms with E-state index in [9.17, 15) is 4.79 Å². The van der Waals surface area contributed by atoms with Gasteiger partial charge in [-0.25, -0.2) is 4.98 Å². The molecule has 2 rings (SSSR count). The number of carbonyl (C=O) groups excluding carboxylic acids is 1. The molecular weight excluding hydrogens is 304 g/mol. The first-order chi connectivity index (χ1) is 11.3. The summed E-state index contributed by atoms with van der Waals surface area (Å²) in [5.74, 6) is 1.48. The number of guanidine groups is 1. The molecule has 24 heavy (non-hydrogen) atoms. The Labute approximate surface area is 143 Å². The van der Waals surface area contributed by atoms with Crippen LogP contribution in [-0.4, -0.2) is 60.0 Å². The average Bonchev–Trinajstić information content (AvgIpc) is 2.54. The number of carbonyl (C=O) groups is 1. The topological polar surface area (TPSA) is 86.8 Å². The Morgan fingerprint density at radius 1 is 1.29 bits per heavy atom. The van der Waals surface area contributed by atoms with Crippen molar-refractivity contribution in [3.05, 3.63) is 24.4 Å². The molecule has 0 atom stereocenters. The van der Waals surface area contributed by atoms with Crippen LogP contribution >= 0.6 is 0 Å². The van der Waals surface area contributed by atoms with Crippen LogP contribution in [0, 0.1) is 0 Å². The molecule has 1 aromatic rings. The second kappa shape index (κ2) is 7.99. The van der Waals surface area contributed by atoms with Crippen molar-refractivity contribution in [1.29, 1.82) is 0 Å². The van der Waals surface area contributed by atoms with Gasteiger partial charge in [-0.3, -0.25) is 9.79 Å². The van der Waals surface area contributed by atoms with E-state index in [0.717, 1.165) is 32.0 Å². The number of piperazine rings is 1. The Kier molecular flexibility index (Phi) is 6.00. The van der Waals surface area contributed by atoms with Crippen LogP contribution in [0.15, 0.2) is 29.4 Å². The second-order valence-electron chi connectivity index (χ2n) is 6.95. The monoisotopic (exact) mass is 332 g/mol. The number of pyridine rings is 1. The van der Waals surface area contributed by atoms with Crippen molar-refractivity contribution in [1.82, 2.24) is 15.2 Å². The minimum absolute atomic E-state index is 0.126. The molecule has 0 aromatic carbocycles. The van der Waals surface area contributed by atoms with Gasteiger partial charge in [0.25, 0.3) is 0 Å². The molecule has 132 valence electrons. The molecule has 1 aliphatic heterocycles. The summed E-state index contributed by atoms with van der Waals surface area (Å²) in [7, 11) is 0. The Bertz CT molecular complexity index is 558. The van der Waals surface area contributed by atoms with Crippen LogP contribution in [0.5, 0.6) is 0 Å². The van der Waals surface area contributed by atoms with Gasteiger partial charge in [0.15, 0.2) is 5.96 Å². The van der Waals surface area contributed by atoms with Gasteiger partial charge in [-0.15, -0.1) is 0 Å². The largest absolute Gasteiger partial charge is 0.370 e. The van der Waals surface area contributed by atoms with E-state index in [1.807, 2.05) is 43.9 Å². The fourth-order valence-electron chi connectivity index (χ4n) is 2.58. The van der Waals surface area contributed by atoms with E-state index in [4.69, 9.17) is 5.73 Å². The van der Waals surface area contributed by atoms with Gasteiger partial charge in [-0.2, -0.15) is 0 Å². The van der Waals surface area contributed by atoms with Crippen molar-refractivity contribution in [2.75, 3.05) is 37.6 Å². The molecule has 2 heterocycles. The number of hydrogen-bond donors (Lipinski definition) is 2. The highest BCUT2D eigenvalue weighted by Gasteiger charge is 2.21. The van der Waals surface area contributed by atoms with E-state index >= 15 is 0 Å². The molecule has 1 aliphatic rings. The van der Waals surface area contributed by atoms with Gasteiger partial charge in [-0.1, -0.05) is 6.07 Å². The van der Waals surface area contributed by atoms with Crippen molar-refractivity contribution in [3.8, 4) is 0 Å². The Hall–Kier alpha value is -2.31. The normalized spacial score (nSPS) is 16.2. The zero-order chi connectivity index (χ0) is 17.6. The van der Waals surface area contributed by atoms with Crippen LogP contribution in [0.3, 0.4) is 0 Å². The quantitative estimate of drug-likeness (QED) is 0.630. The molecule has 1 amide bonds. The van der Waals surface area contributed by atoms with Gasteiger partial charge in [0.2, 0.25) is 5.91 Å². The third-order valence-electron chi connectivity index (χ3n) is 3.72. The molecule has 7 heteroatoms. The van der Waals surface area contributed by atoms with Crippen LogP contribution in [0.2, 0.25) is 0 Å². The minimum Gasteiger partial charge on any atom is -0.370 e. The summed E-state index contributed by atoms with van der Waals surface area (Å²) in [5.41, 5.74) is 5.68. The lowest BCUT2D eigenvalue weighted by Gasteiger charge is -2.35. The number of anilines is 1. The summed E-state index contributed by atoms with van der Waals surface area (Å²) in [6.07, 6.45) is 2.18. The standard InChI is InChI=1S/C17H28N6O/c1-17(2,3)21-16(18)20-9-7-15(24)23-12-10-22(11-13-23)14-6-4-5-8-19-14/h4-6,8H,7,9-13H2,1-3H3,(H3,18,20,21). The molecule has 0 saturated carbocycles. The zero-order valence-electron chi connectivity index (χ0n) is 14.8. The molecule has 0 spiro atoms. The predicted octanol–water partition coefficient (Wildman–Crippen LogP) is 0.823. The second-order valence-corrected chi connectivity index (χ2v) is 6.95. The zero-order valence-corrected chi connectivity index (χ0v) is 14.8. The van der Waals surface area contributed by atoms with Gasteiger partial charge in [0.1, 0.15) is 5.82 Å². The Balaban J connectivity index is 1.74. The van der Waals surface area contributed by atoms with Crippen LogP contribution in [0.4, 0.5) is 5.82 Å². The first kappa shape index (κ1) is 18.0. The summed E-state index contributed by atoms with van der Waals surface area (Å²) in [6.45, 7) is 9.50. The van der Waals surface area contributed by atoms with Crippen LogP contribution in [0.25, 0.3) is 0 Å². The van der Waals surface area contributed by atoms with Gasteiger partial charge in [-0.05, 0) is 32.9 Å². The molecule has 0 radical (unpaired) electrons. The maximum Gasteiger partial charge on any atom is 0.224 e. The highest BCUT2D eigenvalue weighted by Crippen LogP contribution is 2.13. The summed E-state index contributed by atoms with van der Waals surface area (Å²) in [6, 6.07) is 5.88. The Morgan fingerprint density at radius 3 is 2.58 bits per heavy atom. The summed E-state index contributed by atoms with van der Waals surface area (Å²) < 4.78 is 0. The molecule has 0 aliphatic carbocycles. The summed E-state index contributed by atoms with van der Waals surface area (Å²) in [5, 5.41) is 3.09. The molecule has 1 saturated heterocycles. The SMILES string of the molecule is CC(C)(C)NC(N)=NCCC(=O)N1CCN(c2ccccn2)CC1. The van der Waals surface area contributed by atoms with Crippen molar-refractivity contribution in [2.45, 2.75) is 32.7 Å². The van der Waals surface area contributed by atoms with Crippen LogP contribution in [0.1, 0.15) is 27.2 Å². The molecule has 0 bridgehead atoms. The van der Waals surface area contributed by atoms with E-state index in [-0.39, 0.29) is 11.4 Å². The number of aromatic nitrogens is 1. The number of amides is 1. The minimum atomic E-state index is -0.126. The van der Waals surface area contributed by atoms with Gasteiger partial charge < -0.3 is 20.9 Å². The lowest BCUT2D eigenvalue weighted by Crippen LogP contribution is -2.49. The molecule has 1 fully saturated rings. The van der Waals surface area contributed by atoms with Crippen LogP contribution < -0.4 is 16.0 Å². The number of nitrogens with one attached hydrogen (secondary N) is 1. The first-order valence-corrected chi connectivity index (χ1v) is 8.37. The van der Waals surface area contributed by atoms with E-state index in [1.165, 1.54) is 0 Å². The van der Waals surface area contributed by atoms with Gasteiger partial charge in [0.05, 0.1) is 6.54 Å². The smallest absolute Gasteiger partial charge is 0.224 e. The van der Waals surface area contributed by atoms with Crippen LogP contribution in [-0.2, 0) is 4.79 Å². The summed E-state index contributed by atoms with van der Waals surface area (Å²) >= 11 is 0. The van der Waals surface area contributed by atoms with E-state index in [1.54, 1.807) is 6.20 Å². The van der Waals surface area contributed by atoms with Crippen molar-refractivity contribution in [2.24, 2.45) is 10.7 Å². The van der Waals surface area contributed by atoms with Gasteiger partial charge >= 0.3 is 0 Å². The molecule has 7 nitrogen and oxygen atoms in total. The predicted molar refractivity (Wildman–Crippen MR) is 97.0 cm³/mol. The van der Waals surface area contributed by atoms with E-state index in [2.05, 4.69) is 20.2 Å². The number of hydrogen-bond acceptors (Lipinski definition) is 4. The van der Waals surface area contributed by atoms with Crippen molar-refractivity contribution >= 4 is 17.7 Å². The van der Waals surface area contributed by atoms with E-state index in [0.29, 0.717) is 18.9 Å². The number of rotatable bonds is 4. The maximum atomic E-state index is 12.3. The fourth-order valence-corrected chi connectivity index (χ4v) is 2.58. The lowest BCUT2D eigenvalue weighted by atomic mass is 10.1. The molecule has 3 N–H and O–H groups in total. The number of aliphatic imine (C=N–C) groups is 1. The van der Waals surface area contributed by atoms with Gasteiger partial charge in [0, 0.05) is 44.3 Å².